The van der Waals surface area contributed by atoms with Crippen LogP contribution in [0.4, 0.5) is 14.9 Å². The molecule has 0 radical (unpaired) electrons. The molecule has 0 aliphatic carbocycles. The van der Waals surface area contributed by atoms with Crippen molar-refractivity contribution in [1.29, 1.82) is 0 Å². The molecule has 0 saturated carbocycles. The topological polar surface area (TPSA) is 101 Å². The Morgan fingerprint density at radius 3 is 2.81 bits per heavy atom. The van der Waals surface area contributed by atoms with Crippen LogP contribution in [0, 0.1) is 5.82 Å². The molecule has 1 aliphatic rings. The molecule has 1 aromatic carbocycles. The predicted octanol–water partition coefficient (Wildman–Crippen LogP) is 2.24. The smallest absolute Gasteiger partial charge is 0.316 e. The van der Waals surface area contributed by atoms with Gasteiger partial charge in [-0.05, 0) is 37.6 Å². The Kier molecular flexibility index (Phi) is 5.43. The van der Waals surface area contributed by atoms with Gasteiger partial charge >= 0.3 is 6.03 Å². The van der Waals surface area contributed by atoms with E-state index >= 15 is 0 Å². The van der Waals surface area contributed by atoms with Gasteiger partial charge in [0.1, 0.15) is 5.82 Å². The van der Waals surface area contributed by atoms with Crippen molar-refractivity contribution in [3.63, 3.8) is 0 Å². The number of hydrogen-bond donors (Lipinski definition) is 4. The van der Waals surface area contributed by atoms with Crippen LogP contribution in [-0.2, 0) is 0 Å². The summed E-state index contributed by atoms with van der Waals surface area (Å²) < 4.78 is 15.3. The van der Waals surface area contributed by atoms with Crippen molar-refractivity contribution < 1.29 is 14.0 Å². The number of urea groups is 1. The molecule has 3 rings (SSSR count). The summed E-state index contributed by atoms with van der Waals surface area (Å²) in [5, 5.41) is 8.58. The summed E-state index contributed by atoms with van der Waals surface area (Å²) >= 11 is 5.70. The second-order valence-electron chi connectivity index (χ2n) is 6.10. The molecule has 1 atom stereocenters. The van der Waals surface area contributed by atoms with Gasteiger partial charge < -0.3 is 26.3 Å². The standard InChI is InChI=1S/C17H19ClFN5O2/c18-13-4-3-11(6-14(13)19)24-8-12(15(9-24)23-17(20)26)16(25)22-10-2-1-5-21-7-10/h3-4,6,8-10,21H,1-2,5,7H2,(H,22,25)(H3,20,23,26)/t10-/m0/s1. The first-order valence-electron chi connectivity index (χ1n) is 8.19. The maximum absolute atomic E-state index is 13.7. The maximum Gasteiger partial charge on any atom is 0.316 e. The molecule has 3 amide bonds. The highest BCUT2D eigenvalue weighted by Crippen LogP contribution is 2.24. The molecule has 26 heavy (non-hydrogen) atoms. The fraction of sp³-hybridized carbons (Fsp3) is 0.294. The Morgan fingerprint density at radius 1 is 1.35 bits per heavy atom. The molecular weight excluding hydrogens is 361 g/mol. The number of carbonyl (C=O) groups is 2. The Balaban J connectivity index is 1.89. The highest BCUT2D eigenvalue weighted by atomic mass is 35.5. The quantitative estimate of drug-likeness (QED) is 0.655. The number of anilines is 1. The summed E-state index contributed by atoms with van der Waals surface area (Å²) in [4.78, 5) is 23.9. The lowest BCUT2D eigenvalue weighted by Crippen LogP contribution is -2.45. The number of carbonyl (C=O) groups excluding carboxylic acids is 2. The molecule has 1 saturated heterocycles. The fourth-order valence-electron chi connectivity index (χ4n) is 2.90. The summed E-state index contributed by atoms with van der Waals surface area (Å²) in [6, 6.07) is 3.48. The fourth-order valence-corrected chi connectivity index (χ4v) is 3.02. The first-order valence-corrected chi connectivity index (χ1v) is 8.57. The number of nitrogens with two attached hydrogens (primary N) is 1. The second-order valence-corrected chi connectivity index (χ2v) is 6.50. The van der Waals surface area contributed by atoms with E-state index < -0.39 is 11.8 Å². The van der Waals surface area contributed by atoms with Crippen LogP contribution in [0.3, 0.4) is 0 Å². The van der Waals surface area contributed by atoms with Crippen molar-refractivity contribution in [1.82, 2.24) is 15.2 Å². The Bertz CT molecular complexity index is 833. The first kappa shape index (κ1) is 18.2. The molecule has 138 valence electrons. The number of halogens is 2. The number of rotatable bonds is 4. The van der Waals surface area contributed by atoms with E-state index in [0.29, 0.717) is 12.2 Å². The Hall–Kier alpha value is -2.58. The minimum absolute atomic E-state index is 0.000782. The molecule has 1 aliphatic heterocycles. The van der Waals surface area contributed by atoms with Gasteiger partial charge in [-0.25, -0.2) is 9.18 Å². The van der Waals surface area contributed by atoms with E-state index in [4.69, 9.17) is 17.3 Å². The molecule has 7 nitrogen and oxygen atoms in total. The monoisotopic (exact) mass is 379 g/mol. The van der Waals surface area contributed by atoms with Gasteiger partial charge in [0.05, 0.1) is 16.3 Å². The van der Waals surface area contributed by atoms with E-state index in [1.807, 2.05) is 0 Å². The zero-order chi connectivity index (χ0) is 18.7. The molecule has 1 aromatic heterocycles. The Morgan fingerprint density at radius 2 is 2.15 bits per heavy atom. The third-order valence-electron chi connectivity index (χ3n) is 4.16. The molecule has 0 unspecified atom stereocenters. The van der Waals surface area contributed by atoms with Gasteiger partial charge in [-0.3, -0.25) is 4.79 Å². The lowest BCUT2D eigenvalue weighted by Gasteiger charge is -2.23. The molecule has 0 spiro atoms. The summed E-state index contributed by atoms with van der Waals surface area (Å²) in [6.45, 7) is 1.62. The van der Waals surface area contributed by atoms with Crippen molar-refractivity contribution in [2.75, 3.05) is 18.4 Å². The van der Waals surface area contributed by atoms with Crippen LogP contribution in [0.2, 0.25) is 5.02 Å². The third kappa shape index (κ3) is 4.14. The van der Waals surface area contributed by atoms with E-state index in [2.05, 4.69) is 16.0 Å². The zero-order valence-electron chi connectivity index (χ0n) is 13.9. The SMILES string of the molecule is NC(=O)Nc1cn(-c2ccc(Cl)c(F)c2)cc1C(=O)N[C@H]1CCCNC1. The van der Waals surface area contributed by atoms with Gasteiger partial charge in [0, 0.05) is 30.7 Å². The maximum atomic E-state index is 13.7. The lowest BCUT2D eigenvalue weighted by molar-refractivity contribution is 0.0931. The number of nitrogens with zero attached hydrogens (tertiary/aromatic N) is 1. The van der Waals surface area contributed by atoms with Gasteiger partial charge in [-0.15, -0.1) is 0 Å². The Labute approximate surface area is 154 Å². The van der Waals surface area contributed by atoms with Crippen LogP contribution in [0.5, 0.6) is 0 Å². The normalized spacial score (nSPS) is 16.9. The molecular formula is C17H19ClFN5O2. The highest BCUT2D eigenvalue weighted by molar-refractivity contribution is 6.30. The number of amides is 3. The number of nitrogens with one attached hydrogen (secondary N) is 3. The van der Waals surface area contributed by atoms with Crippen LogP contribution in [0.15, 0.2) is 30.6 Å². The van der Waals surface area contributed by atoms with Gasteiger partial charge in [-0.1, -0.05) is 11.6 Å². The minimum atomic E-state index is -0.793. The summed E-state index contributed by atoms with van der Waals surface area (Å²) in [5.74, 6) is -0.919. The zero-order valence-corrected chi connectivity index (χ0v) is 14.6. The van der Waals surface area contributed by atoms with Crippen molar-refractivity contribution in [3.8, 4) is 5.69 Å². The molecule has 5 N–H and O–H groups in total. The largest absolute Gasteiger partial charge is 0.351 e. The van der Waals surface area contributed by atoms with Gasteiger partial charge in [0.25, 0.3) is 5.91 Å². The molecule has 2 heterocycles. The average Bonchev–Trinajstić information content (AvgIpc) is 3.01. The van der Waals surface area contributed by atoms with Crippen molar-refractivity contribution >= 4 is 29.2 Å². The van der Waals surface area contributed by atoms with Crippen LogP contribution < -0.4 is 21.7 Å². The molecule has 0 bridgehead atoms. The number of benzene rings is 1. The van der Waals surface area contributed by atoms with Crippen molar-refractivity contribution in [3.05, 3.63) is 47.0 Å². The van der Waals surface area contributed by atoms with Crippen LogP contribution in [0.25, 0.3) is 5.69 Å². The van der Waals surface area contributed by atoms with Crippen molar-refractivity contribution in [2.45, 2.75) is 18.9 Å². The van der Waals surface area contributed by atoms with Crippen LogP contribution in [-0.4, -0.2) is 35.6 Å². The van der Waals surface area contributed by atoms with Gasteiger partial charge in [0.2, 0.25) is 0 Å². The summed E-state index contributed by atoms with van der Waals surface area (Å²) in [6.07, 6.45) is 4.86. The lowest BCUT2D eigenvalue weighted by atomic mass is 10.1. The van der Waals surface area contributed by atoms with E-state index in [-0.39, 0.29) is 28.2 Å². The average molecular weight is 380 g/mol. The number of hydrogen-bond acceptors (Lipinski definition) is 3. The number of piperidine rings is 1. The summed E-state index contributed by atoms with van der Waals surface area (Å²) in [7, 11) is 0. The van der Waals surface area contributed by atoms with E-state index in [1.165, 1.54) is 29.1 Å². The third-order valence-corrected chi connectivity index (χ3v) is 4.47. The molecule has 9 heteroatoms. The van der Waals surface area contributed by atoms with Gasteiger partial charge in [-0.2, -0.15) is 0 Å². The summed E-state index contributed by atoms with van der Waals surface area (Å²) in [5.41, 5.74) is 6.13. The van der Waals surface area contributed by atoms with Crippen LogP contribution in [0.1, 0.15) is 23.2 Å². The number of aromatic nitrogens is 1. The molecule has 1 fully saturated rings. The van der Waals surface area contributed by atoms with E-state index in [0.717, 1.165) is 19.4 Å². The van der Waals surface area contributed by atoms with Crippen LogP contribution >= 0.6 is 11.6 Å². The van der Waals surface area contributed by atoms with Gasteiger partial charge in [0.15, 0.2) is 0 Å². The second kappa shape index (κ2) is 7.76. The van der Waals surface area contributed by atoms with E-state index in [1.54, 1.807) is 6.07 Å². The van der Waals surface area contributed by atoms with E-state index in [9.17, 15) is 14.0 Å². The number of primary amides is 1. The highest BCUT2D eigenvalue weighted by Gasteiger charge is 2.21. The first-order chi connectivity index (χ1) is 12.4. The molecule has 2 aromatic rings. The predicted molar refractivity (Wildman–Crippen MR) is 97.3 cm³/mol. The van der Waals surface area contributed by atoms with Crippen molar-refractivity contribution in [2.24, 2.45) is 5.73 Å². The minimum Gasteiger partial charge on any atom is -0.351 e.